The Morgan fingerprint density at radius 1 is 0.524 bits per heavy atom. The lowest BCUT2D eigenvalue weighted by molar-refractivity contribution is 0.675. The summed E-state index contributed by atoms with van der Waals surface area (Å²) in [6.07, 6.45) is 0. The maximum Gasteiger partial charge on any atom is 0.127 e. The molecule has 0 saturated carbocycles. The largest absolute Gasteiger partial charge is 0.457 e. The lowest BCUT2D eigenvalue weighted by atomic mass is 9.64. The minimum atomic E-state index is 0.167. The van der Waals surface area contributed by atoms with Gasteiger partial charge in [-0.2, -0.15) is 0 Å². The van der Waals surface area contributed by atoms with E-state index in [4.69, 9.17) is 59.3 Å². The number of rotatable bonds is 0. The van der Waals surface area contributed by atoms with Crippen LogP contribution >= 0.6 is 0 Å². The van der Waals surface area contributed by atoms with Crippen LogP contribution in [0.15, 0.2) is 4.42 Å². The van der Waals surface area contributed by atoms with Gasteiger partial charge in [0.25, 0.3) is 0 Å². The molecule has 82 valence electrons. The highest BCUT2D eigenvalue weighted by molar-refractivity contribution is 6.68. The first-order valence-corrected chi connectivity index (χ1v) is 6.18. The van der Waals surface area contributed by atoms with Crippen LogP contribution in [-0.4, -0.2) is 54.9 Å². The third-order valence-corrected chi connectivity index (χ3v) is 3.90. The molecule has 21 heavy (non-hydrogen) atoms. The Labute approximate surface area is 132 Å². The van der Waals surface area contributed by atoms with Gasteiger partial charge >= 0.3 is 0 Å². The van der Waals surface area contributed by atoms with Crippen molar-refractivity contribution in [2.24, 2.45) is 0 Å². The van der Waals surface area contributed by atoms with Gasteiger partial charge in [0.1, 0.15) is 66.1 Å². The van der Waals surface area contributed by atoms with Crippen molar-refractivity contribution < 1.29 is 4.42 Å². The molecule has 0 N–H and O–H groups in total. The van der Waals surface area contributed by atoms with Crippen LogP contribution in [0.4, 0.5) is 0 Å². The topological polar surface area (TPSA) is 13.1 Å². The Kier molecular flexibility index (Phi) is 3.20. The van der Waals surface area contributed by atoms with E-state index in [1.165, 1.54) is 0 Å². The molecule has 0 atom stereocenters. The van der Waals surface area contributed by atoms with Crippen LogP contribution in [0.2, 0.25) is 0 Å². The molecule has 0 saturated heterocycles. The van der Waals surface area contributed by atoms with E-state index in [1.807, 2.05) is 0 Å². The Morgan fingerprint density at radius 2 is 0.952 bits per heavy atom. The van der Waals surface area contributed by atoms with Crippen LogP contribution in [0.25, 0.3) is 21.9 Å². The van der Waals surface area contributed by atoms with E-state index in [-0.39, 0.29) is 27.3 Å². The average Bonchev–Trinajstić information content (AvgIpc) is 2.87. The van der Waals surface area contributed by atoms with Gasteiger partial charge in [-0.1, -0.05) is 32.9 Å². The van der Waals surface area contributed by atoms with Crippen molar-refractivity contribution in [2.75, 3.05) is 0 Å². The smallest absolute Gasteiger partial charge is 0.127 e. The molecule has 14 radical (unpaired) electrons. The molecule has 1 aromatic heterocycles. The molecular weight excluding hydrogens is 248 g/mol. The van der Waals surface area contributed by atoms with Crippen molar-refractivity contribution in [2.45, 2.75) is 6.92 Å². The summed E-state index contributed by atoms with van der Waals surface area (Å²) in [5.74, 6) is 0. The zero-order valence-electron chi connectivity index (χ0n) is 11.4. The van der Waals surface area contributed by atoms with Crippen molar-refractivity contribution in [3.05, 3.63) is 5.56 Å². The predicted molar refractivity (Wildman–Crippen MR) is 96.2 cm³/mol. The van der Waals surface area contributed by atoms with Crippen LogP contribution in [0.3, 0.4) is 0 Å². The van der Waals surface area contributed by atoms with Gasteiger partial charge in [-0.3, -0.25) is 0 Å². The van der Waals surface area contributed by atoms with Crippen molar-refractivity contribution >= 4 is 115 Å². The summed E-state index contributed by atoms with van der Waals surface area (Å²) in [7, 11) is 41.8. The standard InChI is InChI=1S/C13H3B7O/c1-2-5(14)3-4-7(16)8(17)9(18)11(20)13(4)21-12(3)10(19)6(2)15/h1H3. The molecule has 0 bridgehead atoms. The number of hydrogen-bond acceptors (Lipinski definition) is 1. The maximum atomic E-state index is 6.14. The first-order chi connectivity index (χ1) is 9.77. The molecule has 1 heterocycles. The summed E-state index contributed by atoms with van der Waals surface area (Å²) in [4.78, 5) is 0. The molecule has 0 spiro atoms. The molecule has 3 rings (SSSR count). The minimum absolute atomic E-state index is 0.167. The highest BCUT2D eigenvalue weighted by Crippen LogP contribution is 2.22. The van der Waals surface area contributed by atoms with Crippen LogP contribution in [0.1, 0.15) is 5.56 Å². The Balaban J connectivity index is 2.73. The molecule has 0 aliphatic carbocycles. The van der Waals surface area contributed by atoms with Crippen LogP contribution in [0.5, 0.6) is 0 Å². The summed E-state index contributed by atoms with van der Waals surface area (Å²) >= 11 is 0. The second-order valence-corrected chi connectivity index (χ2v) is 5.03. The minimum Gasteiger partial charge on any atom is -0.457 e. The number of fused-ring (bicyclic) bond motifs is 3. The van der Waals surface area contributed by atoms with Gasteiger partial charge in [-0.15, -0.1) is 10.9 Å². The van der Waals surface area contributed by atoms with Gasteiger partial charge in [-0.05, 0) is 6.92 Å². The van der Waals surface area contributed by atoms with E-state index in [9.17, 15) is 0 Å². The monoisotopic (exact) mass is 252 g/mol. The van der Waals surface area contributed by atoms with E-state index in [1.54, 1.807) is 6.92 Å². The fourth-order valence-electron chi connectivity index (χ4n) is 2.53. The summed E-state index contributed by atoms with van der Waals surface area (Å²) in [5.41, 5.74) is 3.15. The average molecular weight is 251 g/mol. The summed E-state index contributed by atoms with van der Waals surface area (Å²) < 4.78 is 5.72. The normalized spacial score (nSPS) is 11.5. The SMILES string of the molecule is [B]c1c([B])c([B])c2c(oc3c([B])c([B])c(C)c([B])c32)c1[B]. The molecule has 3 aromatic rings. The van der Waals surface area contributed by atoms with Crippen molar-refractivity contribution in [1.82, 2.24) is 0 Å². The molecule has 0 fully saturated rings. The molecule has 8 heteroatoms. The zero-order chi connectivity index (χ0) is 15.6. The third-order valence-electron chi connectivity index (χ3n) is 3.90. The summed E-state index contributed by atoms with van der Waals surface area (Å²) in [5, 5.41) is 1.05. The van der Waals surface area contributed by atoms with E-state index in [2.05, 4.69) is 0 Å². The fraction of sp³-hybridized carbons (Fsp3) is 0.0769. The highest BCUT2D eigenvalue weighted by atomic mass is 16.3. The Hall–Kier alpha value is -1.31. The van der Waals surface area contributed by atoms with Crippen LogP contribution < -0.4 is 38.2 Å². The molecule has 0 unspecified atom stereocenters. The van der Waals surface area contributed by atoms with E-state index in [0.29, 0.717) is 38.4 Å². The van der Waals surface area contributed by atoms with Crippen molar-refractivity contribution in [3.63, 3.8) is 0 Å². The van der Waals surface area contributed by atoms with E-state index >= 15 is 0 Å². The molecule has 1 nitrogen and oxygen atoms in total. The quantitative estimate of drug-likeness (QED) is 0.367. The van der Waals surface area contributed by atoms with E-state index < -0.39 is 0 Å². The van der Waals surface area contributed by atoms with Gasteiger partial charge in [0.05, 0.1) is 0 Å². The molecular formula is C13H3B7O. The van der Waals surface area contributed by atoms with Crippen molar-refractivity contribution in [1.29, 1.82) is 0 Å². The fourth-order valence-corrected chi connectivity index (χ4v) is 2.53. The Morgan fingerprint density at radius 3 is 1.52 bits per heavy atom. The van der Waals surface area contributed by atoms with Crippen molar-refractivity contribution in [3.8, 4) is 0 Å². The summed E-state index contributed by atoms with van der Waals surface area (Å²) in [6, 6.07) is 0. The second-order valence-electron chi connectivity index (χ2n) is 5.03. The van der Waals surface area contributed by atoms with Gasteiger partial charge < -0.3 is 4.42 Å². The lowest BCUT2D eigenvalue weighted by Gasteiger charge is -2.14. The third kappa shape index (κ3) is 1.74. The first-order valence-electron chi connectivity index (χ1n) is 6.18. The number of hydrogen-bond donors (Lipinski definition) is 0. The number of furan rings is 1. The highest BCUT2D eigenvalue weighted by Gasteiger charge is 2.19. The molecule has 2 aromatic carbocycles. The maximum absolute atomic E-state index is 6.14. The second kappa shape index (κ2) is 4.59. The molecule has 0 aliphatic rings. The van der Waals surface area contributed by atoms with E-state index in [0.717, 1.165) is 0 Å². The summed E-state index contributed by atoms with van der Waals surface area (Å²) in [6.45, 7) is 1.76. The van der Waals surface area contributed by atoms with Gasteiger partial charge in [-0.25, -0.2) is 0 Å². The van der Waals surface area contributed by atoms with Gasteiger partial charge in [0.15, 0.2) is 0 Å². The molecule has 0 aliphatic heterocycles. The van der Waals surface area contributed by atoms with Crippen LogP contribution in [-0.2, 0) is 0 Å². The zero-order valence-corrected chi connectivity index (χ0v) is 11.4. The Bertz CT molecular complexity index is 852. The van der Waals surface area contributed by atoms with Gasteiger partial charge in [0.2, 0.25) is 0 Å². The first kappa shape index (κ1) is 14.6. The molecule has 0 amide bonds. The van der Waals surface area contributed by atoms with Crippen LogP contribution in [0, 0.1) is 6.92 Å². The lowest BCUT2D eigenvalue weighted by Crippen LogP contribution is -2.47. The van der Waals surface area contributed by atoms with Gasteiger partial charge in [0, 0.05) is 10.8 Å². The number of benzene rings is 2. The predicted octanol–water partition coefficient (Wildman–Crippen LogP) is -4.55.